The monoisotopic (exact) mass is 291 g/mol. The van der Waals surface area contributed by atoms with Crippen LogP contribution < -0.4 is 5.73 Å². The molecular formula is C14H14ClN3S. The number of hydrogen-bond acceptors (Lipinski definition) is 3. The summed E-state index contributed by atoms with van der Waals surface area (Å²) in [6.45, 7) is 3.02. The maximum atomic E-state index is 6.32. The number of halogens is 1. The van der Waals surface area contributed by atoms with Gasteiger partial charge in [0.1, 0.15) is 0 Å². The number of aromatic nitrogens is 2. The predicted octanol–water partition coefficient (Wildman–Crippen LogP) is 4.41. The molecule has 0 atom stereocenters. The first-order chi connectivity index (χ1) is 9.22. The van der Waals surface area contributed by atoms with Gasteiger partial charge in [0.25, 0.3) is 0 Å². The highest BCUT2D eigenvalue weighted by Gasteiger charge is 2.16. The number of imidazole rings is 1. The van der Waals surface area contributed by atoms with Gasteiger partial charge in [-0.1, -0.05) is 24.6 Å². The number of nitrogens with two attached hydrogens (primary N) is 1. The fourth-order valence-electron chi connectivity index (χ4n) is 2.26. The van der Waals surface area contributed by atoms with Crippen molar-refractivity contribution in [1.29, 1.82) is 0 Å². The Hall–Kier alpha value is -1.52. The summed E-state index contributed by atoms with van der Waals surface area (Å²) in [4.78, 5) is 5.72. The van der Waals surface area contributed by atoms with Gasteiger partial charge in [0.2, 0.25) is 0 Å². The summed E-state index contributed by atoms with van der Waals surface area (Å²) in [5, 5.41) is 2.72. The standard InChI is InChI=1S/C14H14ClN3S/c1-2-7-18-12-9(15)4-3-5-11(12)17-14(18)13-10(16)6-8-19-13/h3-6,8H,2,7,16H2,1H3. The van der Waals surface area contributed by atoms with Crippen LogP contribution in [-0.4, -0.2) is 9.55 Å². The molecule has 5 heteroatoms. The Balaban J connectivity index is 2.33. The van der Waals surface area contributed by atoms with Crippen molar-refractivity contribution < 1.29 is 0 Å². The number of para-hydroxylation sites is 1. The van der Waals surface area contributed by atoms with E-state index in [1.54, 1.807) is 11.3 Å². The van der Waals surface area contributed by atoms with Crippen LogP contribution in [0, 0.1) is 0 Å². The Bertz CT molecular complexity index is 729. The molecule has 19 heavy (non-hydrogen) atoms. The Morgan fingerprint density at radius 1 is 1.37 bits per heavy atom. The summed E-state index contributed by atoms with van der Waals surface area (Å²) < 4.78 is 2.17. The number of anilines is 1. The first kappa shape index (κ1) is 12.5. The van der Waals surface area contributed by atoms with E-state index >= 15 is 0 Å². The van der Waals surface area contributed by atoms with Crippen LogP contribution in [0.15, 0.2) is 29.6 Å². The van der Waals surface area contributed by atoms with Crippen molar-refractivity contribution in [2.24, 2.45) is 0 Å². The lowest BCUT2D eigenvalue weighted by atomic mass is 10.3. The maximum Gasteiger partial charge on any atom is 0.153 e. The smallest absolute Gasteiger partial charge is 0.153 e. The van der Waals surface area contributed by atoms with Crippen LogP contribution >= 0.6 is 22.9 Å². The number of nitrogen functional groups attached to an aromatic ring is 1. The zero-order chi connectivity index (χ0) is 13.4. The molecule has 0 aliphatic carbocycles. The van der Waals surface area contributed by atoms with Gasteiger partial charge in [-0.25, -0.2) is 4.98 Å². The number of thiophene rings is 1. The summed E-state index contributed by atoms with van der Waals surface area (Å²) in [6, 6.07) is 7.73. The molecule has 0 amide bonds. The molecule has 0 radical (unpaired) electrons. The largest absolute Gasteiger partial charge is 0.397 e. The topological polar surface area (TPSA) is 43.8 Å². The molecule has 0 bridgehead atoms. The van der Waals surface area contributed by atoms with E-state index in [9.17, 15) is 0 Å². The van der Waals surface area contributed by atoms with Crippen molar-refractivity contribution >= 4 is 39.7 Å². The van der Waals surface area contributed by atoms with Crippen LogP contribution in [0.2, 0.25) is 5.02 Å². The molecule has 3 aromatic rings. The molecule has 0 aliphatic rings. The summed E-state index contributed by atoms with van der Waals surface area (Å²) in [7, 11) is 0. The average Bonchev–Trinajstić information content (AvgIpc) is 2.95. The lowest BCUT2D eigenvalue weighted by Crippen LogP contribution is -2.00. The highest BCUT2D eigenvalue weighted by Crippen LogP contribution is 2.35. The van der Waals surface area contributed by atoms with Gasteiger partial charge in [0.15, 0.2) is 5.82 Å². The maximum absolute atomic E-state index is 6.32. The molecule has 2 aromatic heterocycles. The minimum absolute atomic E-state index is 0.736. The third-order valence-electron chi connectivity index (χ3n) is 3.06. The zero-order valence-electron chi connectivity index (χ0n) is 10.6. The summed E-state index contributed by atoms with van der Waals surface area (Å²) >= 11 is 7.94. The van der Waals surface area contributed by atoms with E-state index in [0.717, 1.165) is 45.4 Å². The molecule has 0 saturated heterocycles. The first-order valence-electron chi connectivity index (χ1n) is 6.20. The fraction of sp³-hybridized carbons (Fsp3) is 0.214. The average molecular weight is 292 g/mol. The van der Waals surface area contributed by atoms with Crippen LogP contribution in [0.3, 0.4) is 0 Å². The van der Waals surface area contributed by atoms with Crippen molar-refractivity contribution in [3.05, 3.63) is 34.7 Å². The number of fused-ring (bicyclic) bond motifs is 1. The minimum Gasteiger partial charge on any atom is -0.397 e. The third-order valence-corrected chi connectivity index (χ3v) is 4.29. The summed E-state index contributed by atoms with van der Waals surface area (Å²) in [6.07, 6.45) is 1.02. The Labute approximate surface area is 120 Å². The molecule has 2 N–H and O–H groups in total. The second-order valence-corrected chi connectivity index (χ2v) is 5.72. The number of nitrogens with zero attached hydrogens (tertiary/aromatic N) is 2. The SMILES string of the molecule is CCCn1c(-c2sccc2N)nc2cccc(Cl)c21. The van der Waals surface area contributed by atoms with Crippen molar-refractivity contribution in [2.45, 2.75) is 19.9 Å². The van der Waals surface area contributed by atoms with Gasteiger partial charge in [0.05, 0.1) is 26.6 Å². The van der Waals surface area contributed by atoms with E-state index in [2.05, 4.69) is 11.5 Å². The van der Waals surface area contributed by atoms with Crippen molar-refractivity contribution in [1.82, 2.24) is 9.55 Å². The molecule has 3 nitrogen and oxygen atoms in total. The Morgan fingerprint density at radius 2 is 2.21 bits per heavy atom. The summed E-state index contributed by atoms with van der Waals surface area (Å²) in [5.41, 5.74) is 8.71. The van der Waals surface area contributed by atoms with E-state index in [1.807, 2.05) is 29.6 Å². The van der Waals surface area contributed by atoms with Crippen molar-refractivity contribution in [3.8, 4) is 10.7 Å². The van der Waals surface area contributed by atoms with Crippen molar-refractivity contribution in [2.75, 3.05) is 5.73 Å². The quantitative estimate of drug-likeness (QED) is 0.777. The second kappa shape index (κ2) is 4.87. The normalized spacial score (nSPS) is 11.3. The number of hydrogen-bond donors (Lipinski definition) is 1. The first-order valence-corrected chi connectivity index (χ1v) is 7.46. The van der Waals surface area contributed by atoms with Gasteiger partial charge in [-0.2, -0.15) is 0 Å². The molecule has 1 aromatic carbocycles. The third kappa shape index (κ3) is 2.01. The molecular weight excluding hydrogens is 278 g/mol. The van der Waals surface area contributed by atoms with Gasteiger partial charge in [0, 0.05) is 6.54 Å². The summed E-state index contributed by atoms with van der Waals surface area (Å²) in [5.74, 6) is 0.914. The Morgan fingerprint density at radius 3 is 2.89 bits per heavy atom. The minimum atomic E-state index is 0.736. The van der Waals surface area contributed by atoms with Gasteiger partial charge in [-0.15, -0.1) is 11.3 Å². The van der Waals surface area contributed by atoms with Gasteiger partial charge in [-0.05, 0) is 30.0 Å². The number of benzene rings is 1. The lowest BCUT2D eigenvalue weighted by Gasteiger charge is -2.07. The molecule has 98 valence electrons. The highest BCUT2D eigenvalue weighted by atomic mass is 35.5. The molecule has 0 fully saturated rings. The highest BCUT2D eigenvalue weighted by molar-refractivity contribution is 7.14. The van der Waals surface area contributed by atoms with Gasteiger partial charge >= 0.3 is 0 Å². The van der Waals surface area contributed by atoms with Crippen LogP contribution in [0.1, 0.15) is 13.3 Å². The van der Waals surface area contributed by atoms with Crippen LogP contribution in [0.4, 0.5) is 5.69 Å². The second-order valence-electron chi connectivity index (χ2n) is 4.40. The van der Waals surface area contributed by atoms with E-state index in [-0.39, 0.29) is 0 Å². The lowest BCUT2D eigenvalue weighted by molar-refractivity contribution is 0.705. The molecule has 0 spiro atoms. The molecule has 2 heterocycles. The van der Waals surface area contributed by atoms with Crippen LogP contribution in [0.5, 0.6) is 0 Å². The predicted molar refractivity (Wildman–Crippen MR) is 82.8 cm³/mol. The molecule has 0 saturated carbocycles. The Kier molecular flexibility index (Phi) is 3.21. The van der Waals surface area contributed by atoms with Gasteiger partial charge < -0.3 is 10.3 Å². The number of rotatable bonds is 3. The molecule has 0 aliphatic heterocycles. The van der Waals surface area contributed by atoms with Crippen LogP contribution in [0.25, 0.3) is 21.7 Å². The molecule has 3 rings (SSSR count). The van der Waals surface area contributed by atoms with Crippen LogP contribution in [-0.2, 0) is 6.54 Å². The van der Waals surface area contributed by atoms with E-state index < -0.39 is 0 Å². The van der Waals surface area contributed by atoms with Crippen molar-refractivity contribution in [3.63, 3.8) is 0 Å². The molecule has 0 unspecified atom stereocenters. The van der Waals surface area contributed by atoms with Gasteiger partial charge in [-0.3, -0.25) is 0 Å². The van der Waals surface area contributed by atoms with E-state index in [4.69, 9.17) is 22.3 Å². The number of aryl methyl sites for hydroxylation is 1. The van der Waals surface area contributed by atoms with E-state index in [0.29, 0.717) is 0 Å². The zero-order valence-corrected chi connectivity index (χ0v) is 12.1. The van der Waals surface area contributed by atoms with E-state index in [1.165, 1.54) is 0 Å². The fourth-order valence-corrected chi connectivity index (χ4v) is 3.34.